The Morgan fingerprint density at radius 2 is 1.65 bits per heavy atom. The van der Waals surface area contributed by atoms with Crippen LogP contribution in [0.3, 0.4) is 0 Å². The summed E-state index contributed by atoms with van der Waals surface area (Å²) >= 11 is 0. The summed E-state index contributed by atoms with van der Waals surface area (Å²) < 4.78 is 52.3. The van der Waals surface area contributed by atoms with Crippen LogP contribution in [0.25, 0.3) is 0 Å². The van der Waals surface area contributed by atoms with E-state index in [4.69, 9.17) is 32.5 Å². The van der Waals surface area contributed by atoms with Gasteiger partial charge in [0.2, 0.25) is 0 Å². The number of hydrogen-bond acceptors (Lipinski definition) is 10. The van der Waals surface area contributed by atoms with E-state index in [1.54, 1.807) is 13.8 Å². The van der Waals surface area contributed by atoms with Crippen LogP contribution in [0.4, 0.5) is 0 Å². The number of aliphatic hydroxyl groups excluding tert-OH is 2. The summed E-state index contributed by atoms with van der Waals surface area (Å²) in [6, 6.07) is 0. The zero-order valence-electron chi connectivity index (χ0n) is 19.5. The van der Waals surface area contributed by atoms with Crippen LogP contribution in [0.5, 0.6) is 0 Å². The van der Waals surface area contributed by atoms with Crippen molar-refractivity contribution in [1.82, 2.24) is 0 Å². The van der Waals surface area contributed by atoms with Gasteiger partial charge in [0, 0.05) is 13.0 Å². The molecular weight excluding hydrogens is 431 g/mol. The monoisotopic (exact) mass is 470 g/mol. The van der Waals surface area contributed by atoms with Crippen molar-refractivity contribution in [2.45, 2.75) is 96.5 Å². The Labute approximate surface area is 185 Å². The summed E-state index contributed by atoms with van der Waals surface area (Å²) in [5.74, 6) is -0.359. The van der Waals surface area contributed by atoms with Crippen LogP contribution in [0.1, 0.15) is 41.5 Å². The Bertz CT molecular complexity index is 588. The lowest BCUT2D eigenvalue weighted by atomic mass is 9.93. The molecule has 5 unspecified atom stereocenters. The molecule has 0 saturated carbocycles. The second-order valence-electron chi connectivity index (χ2n) is 8.69. The van der Waals surface area contributed by atoms with Gasteiger partial charge in [-0.2, -0.15) is 0 Å². The van der Waals surface area contributed by atoms with Crippen molar-refractivity contribution in [2.75, 3.05) is 26.9 Å². The Hall–Kier alpha value is -0.130. The first-order valence-electron chi connectivity index (χ1n) is 10.9. The van der Waals surface area contributed by atoms with E-state index in [9.17, 15) is 14.8 Å². The van der Waals surface area contributed by atoms with Gasteiger partial charge in [-0.15, -0.1) is 0 Å². The van der Waals surface area contributed by atoms with Gasteiger partial charge in [-0.3, -0.25) is 13.6 Å². The summed E-state index contributed by atoms with van der Waals surface area (Å²) in [4.78, 5) is 0. The van der Waals surface area contributed by atoms with Gasteiger partial charge in [0.1, 0.15) is 30.5 Å². The molecular formula is C20H39O10P. The van der Waals surface area contributed by atoms with Gasteiger partial charge >= 0.3 is 7.82 Å². The second-order valence-corrected chi connectivity index (χ2v) is 10.4. The molecule has 0 aliphatic carbocycles. The molecule has 0 amide bonds. The van der Waals surface area contributed by atoms with E-state index in [1.807, 2.05) is 27.7 Å². The standard InChI is InChI=1S/C20H39O10P/c1-11(2)25-8-15-9-26-13(5)17(21)19(15)30-31(23,24-7)27-10-16-20(28-12(3)4)18(22)14(6)29-16/h11-22H,8-10H2,1-7H3/t13-,14-,15-,16+,17?,18?,19?,20?,31?/m0/s1. The van der Waals surface area contributed by atoms with Crippen molar-refractivity contribution >= 4 is 7.82 Å². The van der Waals surface area contributed by atoms with Gasteiger partial charge in [0.05, 0.1) is 44.2 Å². The third kappa shape index (κ3) is 7.43. The molecule has 9 atom stereocenters. The zero-order chi connectivity index (χ0) is 23.3. The molecule has 0 aromatic heterocycles. The first kappa shape index (κ1) is 27.1. The number of rotatable bonds is 11. The highest BCUT2D eigenvalue weighted by Gasteiger charge is 2.47. The van der Waals surface area contributed by atoms with Gasteiger partial charge < -0.3 is 29.2 Å². The van der Waals surface area contributed by atoms with Crippen LogP contribution in [0.15, 0.2) is 0 Å². The molecule has 10 nitrogen and oxygen atoms in total. The van der Waals surface area contributed by atoms with Crippen molar-refractivity contribution in [3.8, 4) is 0 Å². The topological polar surface area (TPSA) is 122 Å². The minimum absolute atomic E-state index is 0.0200. The molecule has 2 aliphatic rings. The van der Waals surface area contributed by atoms with Crippen LogP contribution < -0.4 is 0 Å². The second kappa shape index (κ2) is 11.8. The Morgan fingerprint density at radius 3 is 2.23 bits per heavy atom. The number of phosphoric ester groups is 1. The fourth-order valence-corrected chi connectivity index (χ4v) is 4.78. The van der Waals surface area contributed by atoms with Gasteiger partial charge in [-0.05, 0) is 41.5 Å². The number of hydrogen-bond donors (Lipinski definition) is 2. The lowest BCUT2D eigenvalue weighted by Crippen LogP contribution is -2.51. The van der Waals surface area contributed by atoms with Gasteiger partial charge in [-0.1, -0.05) is 0 Å². The molecule has 11 heteroatoms. The van der Waals surface area contributed by atoms with Crippen LogP contribution >= 0.6 is 7.82 Å². The Kier molecular flexibility index (Phi) is 10.4. The molecule has 0 aromatic carbocycles. The smallest absolute Gasteiger partial charge is 0.388 e. The molecule has 0 aromatic rings. The van der Waals surface area contributed by atoms with E-state index >= 15 is 0 Å². The highest BCUT2D eigenvalue weighted by atomic mass is 31.2. The molecule has 0 radical (unpaired) electrons. The predicted molar refractivity (Wildman–Crippen MR) is 112 cm³/mol. The summed E-state index contributed by atoms with van der Waals surface area (Å²) in [5.41, 5.74) is 0. The van der Waals surface area contributed by atoms with Crippen molar-refractivity contribution in [3.63, 3.8) is 0 Å². The largest absolute Gasteiger partial charge is 0.474 e. The number of ether oxygens (including phenoxy) is 4. The van der Waals surface area contributed by atoms with Crippen molar-refractivity contribution in [1.29, 1.82) is 0 Å². The molecule has 2 saturated heterocycles. The van der Waals surface area contributed by atoms with E-state index in [0.717, 1.165) is 0 Å². The van der Waals surface area contributed by atoms with Crippen LogP contribution in [-0.2, 0) is 37.1 Å². The Morgan fingerprint density at radius 1 is 1.00 bits per heavy atom. The minimum Gasteiger partial charge on any atom is -0.388 e. The highest BCUT2D eigenvalue weighted by molar-refractivity contribution is 7.48. The van der Waals surface area contributed by atoms with E-state index in [2.05, 4.69) is 0 Å². The predicted octanol–water partition coefficient (Wildman–Crippen LogP) is 1.91. The maximum atomic E-state index is 13.2. The third-order valence-electron chi connectivity index (χ3n) is 5.37. The Balaban J connectivity index is 2.06. The number of phosphoric acid groups is 1. The zero-order valence-corrected chi connectivity index (χ0v) is 20.4. The van der Waals surface area contributed by atoms with Crippen molar-refractivity contribution in [2.24, 2.45) is 5.92 Å². The average molecular weight is 470 g/mol. The summed E-state index contributed by atoms with van der Waals surface area (Å²) in [6.07, 6.45) is -5.17. The normalized spacial score (nSPS) is 38.7. The third-order valence-corrected chi connectivity index (χ3v) is 6.79. The summed E-state index contributed by atoms with van der Waals surface area (Å²) in [6.45, 7) is 11.3. The van der Waals surface area contributed by atoms with Crippen molar-refractivity contribution < 1.29 is 47.3 Å². The highest BCUT2D eigenvalue weighted by Crippen LogP contribution is 2.52. The van der Waals surface area contributed by atoms with Crippen LogP contribution in [0, 0.1) is 5.92 Å². The van der Waals surface area contributed by atoms with E-state index in [1.165, 1.54) is 7.11 Å². The molecule has 184 valence electrons. The van der Waals surface area contributed by atoms with Crippen LogP contribution in [-0.4, -0.2) is 92.1 Å². The fourth-order valence-electron chi connectivity index (χ4n) is 3.60. The SMILES string of the molecule is COP(=O)(OC[C@H]1O[C@@H](C)C(O)C1OC(C)C)OC1C(O)[C@H](C)OC[C@@H]1COC(C)C. The fraction of sp³-hybridized carbons (Fsp3) is 1.00. The lowest BCUT2D eigenvalue weighted by Gasteiger charge is -2.39. The lowest BCUT2D eigenvalue weighted by molar-refractivity contribution is -0.169. The molecule has 2 N–H and O–H groups in total. The van der Waals surface area contributed by atoms with Crippen LogP contribution in [0.2, 0.25) is 0 Å². The van der Waals surface area contributed by atoms with Gasteiger partial charge in [0.15, 0.2) is 0 Å². The van der Waals surface area contributed by atoms with E-state index in [0.29, 0.717) is 0 Å². The molecule has 0 bridgehead atoms. The summed E-state index contributed by atoms with van der Waals surface area (Å²) in [5, 5.41) is 20.9. The molecule has 0 spiro atoms. The molecule has 31 heavy (non-hydrogen) atoms. The van der Waals surface area contributed by atoms with Crippen molar-refractivity contribution in [3.05, 3.63) is 0 Å². The average Bonchev–Trinajstić information content (AvgIpc) is 2.96. The maximum absolute atomic E-state index is 13.2. The van der Waals surface area contributed by atoms with Gasteiger partial charge in [-0.25, -0.2) is 4.57 Å². The summed E-state index contributed by atoms with van der Waals surface area (Å²) in [7, 11) is -2.85. The van der Waals surface area contributed by atoms with Gasteiger partial charge in [0.25, 0.3) is 0 Å². The quantitative estimate of drug-likeness (QED) is 0.433. The minimum atomic E-state index is -4.06. The first-order chi connectivity index (χ1) is 14.5. The molecule has 2 rings (SSSR count). The number of aliphatic hydroxyl groups is 2. The van der Waals surface area contributed by atoms with E-state index < -0.39 is 50.6 Å². The maximum Gasteiger partial charge on any atom is 0.474 e. The molecule has 2 aliphatic heterocycles. The molecule has 2 fully saturated rings. The van der Waals surface area contributed by atoms with E-state index in [-0.39, 0.29) is 37.9 Å². The molecule has 2 heterocycles. The first-order valence-corrected chi connectivity index (χ1v) is 12.3.